The predicted octanol–water partition coefficient (Wildman–Crippen LogP) is 9.82. The van der Waals surface area contributed by atoms with Crippen molar-refractivity contribution in [2.75, 3.05) is 0 Å². The SMILES string of the molecule is C=CC1CCC(C2CCC(c3cc(F)c(C4CCC(c5cc(F)c(C#N)c(F)c5)CC4)c(F)c3)CC2)CC1. The Bertz CT molecular complexity index is 1140. The van der Waals surface area contributed by atoms with E-state index in [1.54, 1.807) is 18.2 Å². The first-order valence-corrected chi connectivity index (χ1v) is 14.4. The molecule has 0 heterocycles. The summed E-state index contributed by atoms with van der Waals surface area (Å²) >= 11 is 0. The minimum Gasteiger partial charge on any atom is -0.207 e. The standard InChI is InChI=1S/C33H37F4N/c1-2-20-3-5-21(6-4-20)22-7-9-23(10-8-22)27-17-31(36)33(32(37)18-27)25-13-11-24(12-14-25)26-15-29(34)28(19-38)30(35)16-26/h2,15-18,20-25H,1,3-14H2. The molecule has 0 unspecified atom stereocenters. The van der Waals surface area contributed by atoms with Crippen molar-refractivity contribution in [1.82, 2.24) is 0 Å². The first-order chi connectivity index (χ1) is 18.4. The number of hydrogen-bond donors (Lipinski definition) is 0. The normalized spacial score (nSPS) is 30.0. The molecular weight excluding hydrogens is 486 g/mol. The Labute approximate surface area is 223 Å². The number of hydrogen-bond acceptors (Lipinski definition) is 1. The van der Waals surface area contributed by atoms with Gasteiger partial charge < -0.3 is 0 Å². The van der Waals surface area contributed by atoms with Gasteiger partial charge in [-0.25, -0.2) is 17.6 Å². The van der Waals surface area contributed by atoms with Crippen molar-refractivity contribution in [3.63, 3.8) is 0 Å². The van der Waals surface area contributed by atoms with Crippen LogP contribution in [0.5, 0.6) is 0 Å². The molecule has 3 saturated carbocycles. The summed E-state index contributed by atoms with van der Waals surface area (Å²) in [4.78, 5) is 0. The van der Waals surface area contributed by atoms with E-state index in [1.165, 1.54) is 37.8 Å². The van der Waals surface area contributed by atoms with E-state index in [9.17, 15) is 8.78 Å². The maximum absolute atomic E-state index is 15.3. The predicted molar refractivity (Wildman–Crippen MR) is 142 cm³/mol. The van der Waals surface area contributed by atoms with Crippen LogP contribution in [0, 0.1) is 52.4 Å². The zero-order valence-corrected chi connectivity index (χ0v) is 22.0. The second-order valence-corrected chi connectivity index (χ2v) is 11.9. The van der Waals surface area contributed by atoms with Gasteiger partial charge in [-0.1, -0.05) is 6.08 Å². The van der Waals surface area contributed by atoms with E-state index in [-0.39, 0.29) is 23.3 Å². The van der Waals surface area contributed by atoms with E-state index in [4.69, 9.17) is 5.26 Å². The van der Waals surface area contributed by atoms with Crippen LogP contribution in [0.2, 0.25) is 0 Å². The summed E-state index contributed by atoms with van der Waals surface area (Å²) in [6.07, 6.45) is 13.7. The molecule has 0 saturated heterocycles. The molecule has 202 valence electrons. The Hall–Kier alpha value is -2.61. The fourth-order valence-electron chi connectivity index (χ4n) is 7.66. The minimum absolute atomic E-state index is 0.0876. The first kappa shape index (κ1) is 27.0. The summed E-state index contributed by atoms with van der Waals surface area (Å²) in [5, 5.41) is 8.89. The Balaban J connectivity index is 1.19. The number of allylic oxidation sites excluding steroid dienone is 1. The Kier molecular flexibility index (Phi) is 8.26. The molecule has 0 aromatic heterocycles. The summed E-state index contributed by atoms with van der Waals surface area (Å²) in [5.74, 6) is -0.542. The van der Waals surface area contributed by atoms with E-state index in [2.05, 4.69) is 12.7 Å². The van der Waals surface area contributed by atoms with Gasteiger partial charge >= 0.3 is 0 Å². The zero-order chi connectivity index (χ0) is 26.8. The highest BCUT2D eigenvalue weighted by atomic mass is 19.1. The van der Waals surface area contributed by atoms with Gasteiger partial charge in [-0.05, 0) is 148 Å². The van der Waals surface area contributed by atoms with Gasteiger partial charge in [0.1, 0.15) is 34.9 Å². The fraction of sp³-hybridized carbons (Fsp3) is 0.545. The largest absolute Gasteiger partial charge is 0.207 e. The van der Waals surface area contributed by atoms with Crippen LogP contribution in [-0.4, -0.2) is 0 Å². The molecular formula is C33H37F4N. The van der Waals surface area contributed by atoms with E-state index < -0.39 is 28.8 Å². The number of rotatable bonds is 5. The molecule has 0 bridgehead atoms. The summed E-state index contributed by atoms with van der Waals surface area (Å²) in [6, 6.07) is 7.13. The lowest BCUT2D eigenvalue weighted by atomic mass is 9.68. The number of halogens is 4. The van der Waals surface area contributed by atoms with Gasteiger partial charge in [0.05, 0.1) is 0 Å². The van der Waals surface area contributed by atoms with Crippen LogP contribution in [0.25, 0.3) is 0 Å². The smallest absolute Gasteiger partial charge is 0.144 e. The summed E-state index contributed by atoms with van der Waals surface area (Å²) in [5.41, 5.74) is 0.890. The highest BCUT2D eigenvalue weighted by molar-refractivity contribution is 5.37. The third-order valence-electron chi connectivity index (χ3n) is 9.94. The van der Waals surface area contributed by atoms with E-state index in [1.807, 2.05) is 0 Å². The van der Waals surface area contributed by atoms with Gasteiger partial charge in [-0.3, -0.25) is 0 Å². The van der Waals surface area contributed by atoms with Crippen molar-refractivity contribution >= 4 is 0 Å². The maximum Gasteiger partial charge on any atom is 0.144 e. The lowest BCUT2D eigenvalue weighted by Crippen LogP contribution is -2.25. The van der Waals surface area contributed by atoms with Crippen LogP contribution in [0.1, 0.15) is 117 Å². The minimum atomic E-state index is -0.855. The lowest BCUT2D eigenvalue weighted by Gasteiger charge is -2.37. The molecule has 0 N–H and O–H groups in total. The van der Waals surface area contributed by atoms with Crippen LogP contribution in [0.3, 0.4) is 0 Å². The van der Waals surface area contributed by atoms with Crippen molar-refractivity contribution in [3.8, 4) is 6.07 Å². The van der Waals surface area contributed by atoms with Crippen molar-refractivity contribution in [2.24, 2.45) is 17.8 Å². The van der Waals surface area contributed by atoms with Crippen molar-refractivity contribution in [2.45, 2.75) is 94.8 Å². The summed E-state index contributed by atoms with van der Waals surface area (Å²) in [7, 11) is 0. The van der Waals surface area contributed by atoms with Gasteiger partial charge in [0.15, 0.2) is 0 Å². The van der Waals surface area contributed by atoms with Crippen LogP contribution in [-0.2, 0) is 0 Å². The number of nitrogens with zero attached hydrogens (tertiary/aromatic N) is 1. The Morgan fingerprint density at radius 2 is 1.00 bits per heavy atom. The topological polar surface area (TPSA) is 23.8 Å². The maximum atomic E-state index is 15.3. The molecule has 0 amide bonds. The molecule has 3 aliphatic rings. The molecule has 1 nitrogen and oxygen atoms in total. The molecule has 2 aromatic carbocycles. The van der Waals surface area contributed by atoms with Crippen LogP contribution in [0.4, 0.5) is 17.6 Å². The Morgan fingerprint density at radius 3 is 1.45 bits per heavy atom. The second-order valence-electron chi connectivity index (χ2n) is 11.9. The van der Waals surface area contributed by atoms with Crippen molar-refractivity contribution in [3.05, 3.63) is 82.4 Å². The zero-order valence-electron chi connectivity index (χ0n) is 22.0. The van der Waals surface area contributed by atoms with E-state index in [0.717, 1.165) is 43.1 Å². The molecule has 2 aromatic rings. The van der Waals surface area contributed by atoms with Crippen LogP contribution >= 0.6 is 0 Å². The number of benzene rings is 2. The van der Waals surface area contributed by atoms with E-state index >= 15 is 8.78 Å². The van der Waals surface area contributed by atoms with Crippen molar-refractivity contribution < 1.29 is 17.6 Å². The summed E-state index contributed by atoms with van der Waals surface area (Å²) in [6.45, 7) is 3.95. The average Bonchev–Trinajstić information content (AvgIpc) is 2.93. The first-order valence-electron chi connectivity index (χ1n) is 14.4. The fourth-order valence-corrected chi connectivity index (χ4v) is 7.66. The van der Waals surface area contributed by atoms with Gasteiger partial charge in [0.2, 0.25) is 0 Å². The molecule has 0 spiro atoms. The van der Waals surface area contributed by atoms with Crippen LogP contribution in [0.15, 0.2) is 36.9 Å². The number of nitriles is 1. The van der Waals surface area contributed by atoms with Gasteiger partial charge in [0.25, 0.3) is 0 Å². The van der Waals surface area contributed by atoms with Crippen molar-refractivity contribution in [1.29, 1.82) is 5.26 Å². The van der Waals surface area contributed by atoms with Gasteiger partial charge in [-0.15, -0.1) is 6.58 Å². The highest BCUT2D eigenvalue weighted by Crippen LogP contribution is 2.46. The molecule has 5 rings (SSSR count). The second kappa shape index (κ2) is 11.6. The molecule has 0 radical (unpaired) electrons. The van der Waals surface area contributed by atoms with Gasteiger partial charge in [0, 0.05) is 5.56 Å². The molecule has 5 heteroatoms. The Morgan fingerprint density at radius 1 is 0.605 bits per heavy atom. The molecule has 0 atom stereocenters. The molecule has 0 aliphatic heterocycles. The molecule has 3 aliphatic carbocycles. The third kappa shape index (κ3) is 5.56. The quantitative estimate of drug-likeness (QED) is 0.283. The van der Waals surface area contributed by atoms with Crippen LogP contribution < -0.4 is 0 Å². The molecule has 3 fully saturated rings. The third-order valence-corrected chi connectivity index (χ3v) is 9.94. The average molecular weight is 524 g/mol. The monoisotopic (exact) mass is 523 g/mol. The van der Waals surface area contributed by atoms with E-state index in [0.29, 0.717) is 37.2 Å². The van der Waals surface area contributed by atoms with Gasteiger partial charge in [-0.2, -0.15) is 5.26 Å². The summed E-state index contributed by atoms with van der Waals surface area (Å²) < 4.78 is 58.8. The lowest BCUT2D eigenvalue weighted by molar-refractivity contribution is 0.171. The highest BCUT2D eigenvalue weighted by Gasteiger charge is 2.33. The molecule has 38 heavy (non-hydrogen) atoms.